The smallest absolute Gasteiger partial charge is 0.407 e. The highest BCUT2D eigenvalue weighted by Gasteiger charge is 2.29. The quantitative estimate of drug-likeness (QED) is 0.721. The number of aromatic nitrogens is 1. The topological polar surface area (TPSA) is 73.5 Å². The van der Waals surface area contributed by atoms with E-state index in [1.54, 1.807) is 12.1 Å². The summed E-state index contributed by atoms with van der Waals surface area (Å²) in [6, 6.07) is 9.04. The Labute approximate surface area is 144 Å². The van der Waals surface area contributed by atoms with Crippen molar-refractivity contribution in [3.63, 3.8) is 0 Å². The highest BCUT2D eigenvalue weighted by atomic mass is 19.4. The number of hydroxylamine groups is 1. The Bertz CT molecular complexity index is 1000. The SMILES string of the molecule is Cn1c(=O)oc2c(C(=O)NOCc3ccc(C(F)(F)F)cc3)cccc21. The van der Waals surface area contributed by atoms with E-state index in [0.29, 0.717) is 11.1 Å². The van der Waals surface area contributed by atoms with E-state index in [1.165, 1.54) is 29.8 Å². The summed E-state index contributed by atoms with van der Waals surface area (Å²) in [7, 11) is 1.51. The minimum atomic E-state index is -4.41. The van der Waals surface area contributed by atoms with Crippen molar-refractivity contribution in [3.05, 3.63) is 69.7 Å². The monoisotopic (exact) mass is 366 g/mol. The number of hydrogen-bond donors (Lipinski definition) is 1. The summed E-state index contributed by atoms with van der Waals surface area (Å²) in [6.45, 7) is -0.126. The van der Waals surface area contributed by atoms with Gasteiger partial charge in [-0.15, -0.1) is 0 Å². The van der Waals surface area contributed by atoms with E-state index >= 15 is 0 Å². The lowest BCUT2D eigenvalue weighted by Crippen LogP contribution is -2.23. The van der Waals surface area contributed by atoms with Crippen LogP contribution in [0.3, 0.4) is 0 Å². The second-order valence-electron chi connectivity index (χ2n) is 5.50. The number of nitrogens with one attached hydrogen (secondary N) is 1. The number of benzene rings is 2. The van der Waals surface area contributed by atoms with Crippen molar-refractivity contribution >= 4 is 17.0 Å². The molecule has 0 radical (unpaired) electrons. The molecule has 3 rings (SSSR count). The number of alkyl halides is 3. The number of amides is 1. The van der Waals surface area contributed by atoms with Crippen LogP contribution in [-0.2, 0) is 24.7 Å². The van der Waals surface area contributed by atoms with Gasteiger partial charge in [-0.25, -0.2) is 10.3 Å². The van der Waals surface area contributed by atoms with Crippen LogP contribution in [0.2, 0.25) is 0 Å². The van der Waals surface area contributed by atoms with Gasteiger partial charge in [-0.05, 0) is 29.8 Å². The minimum absolute atomic E-state index is 0.104. The third-order valence-electron chi connectivity index (χ3n) is 3.75. The zero-order valence-electron chi connectivity index (χ0n) is 13.5. The summed E-state index contributed by atoms with van der Waals surface area (Å²) in [6.07, 6.45) is -4.41. The Kier molecular flexibility index (Phi) is 4.56. The van der Waals surface area contributed by atoms with Crippen LogP contribution in [0.15, 0.2) is 51.7 Å². The fraction of sp³-hybridized carbons (Fsp3) is 0.176. The second kappa shape index (κ2) is 6.68. The molecule has 0 atom stereocenters. The zero-order chi connectivity index (χ0) is 18.9. The van der Waals surface area contributed by atoms with Crippen LogP contribution in [0, 0.1) is 0 Å². The van der Waals surface area contributed by atoms with Gasteiger partial charge in [-0.2, -0.15) is 13.2 Å². The van der Waals surface area contributed by atoms with Gasteiger partial charge >= 0.3 is 11.9 Å². The molecule has 1 amide bonds. The highest BCUT2D eigenvalue weighted by Crippen LogP contribution is 2.29. The first-order valence-electron chi connectivity index (χ1n) is 7.44. The van der Waals surface area contributed by atoms with Gasteiger partial charge in [0.05, 0.1) is 23.3 Å². The lowest BCUT2D eigenvalue weighted by atomic mass is 10.1. The molecular formula is C17H13F3N2O4. The van der Waals surface area contributed by atoms with Crippen molar-refractivity contribution in [2.75, 3.05) is 0 Å². The van der Waals surface area contributed by atoms with E-state index in [-0.39, 0.29) is 17.8 Å². The molecule has 1 N–H and O–H groups in total. The molecule has 0 unspecified atom stereocenters. The summed E-state index contributed by atoms with van der Waals surface area (Å²) in [5.41, 5.74) is 2.53. The minimum Gasteiger partial charge on any atom is -0.407 e. The molecule has 1 heterocycles. The summed E-state index contributed by atoms with van der Waals surface area (Å²) in [5, 5.41) is 0. The van der Waals surface area contributed by atoms with E-state index in [4.69, 9.17) is 9.25 Å². The predicted octanol–water partition coefficient (Wildman–Crippen LogP) is 3.01. The third-order valence-corrected chi connectivity index (χ3v) is 3.75. The number of para-hydroxylation sites is 1. The molecule has 0 saturated heterocycles. The van der Waals surface area contributed by atoms with Crippen LogP contribution < -0.4 is 11.2 Å². The number of rotatable bonds is 4. The number of carbonyl (C=O) groups is 1. The number of oxazole rings is 1. The fourth-order valence-corrected chi connectivity index (χ4v) is 2.36. The molecule has 3 aromatic rings. The van der Waals surface area contributed by atoms with E-state index < -0.39 is 23.4 Å². The molecule has 2 aromatic carbocycles. The van der Waals surface area contributed by atoms with Gasteiger partial charge in [-0.1, -0.05) is 18.2 Å². The number of nitrogens with zero attached hydrogens (tertiary/aromatic N) is 1. The van der Waals surface area contributed by atoms with Crippen LogP contribution in [0.25, 0.3) is 11.1 Å². The molecule has 136 valence electrons. The van der Waals surface area contributed by atoms with Gasteiger partial charge in [0.25, 0.3) is 5.91 Å². The molecule has 0 aliphatic rings. The van der Waals surface area contributed by atoms with Crippen molar-refractivity contribution in [2.45, 2.75) is 12.8 Å². The largest absolute Gasteiger partial charge is 0.419 e. The third kappa shape index (κ3) is 3.47. The fourth-order valence-electron chi connectivity index (χ4n) is 2.36. The highest BCUT2D eigenvalue weighted by molar-refractivity contribution is 6.03. The Morgan fingerprint density at radius 1 is 1.19 bits per heavy atom. The molecule has 1 aromatic heterocycles. The van der Waals surface area contributed by atoms with Crippen molar-refractivity contribution < 1.29 is 27.2 Å². The number of fused-ring (bicyclic) bond motifs is 1. The van der Waals surface area contributed by atoms with Gasteiger partial charge in [0.15, 0.2) is 5.58 Å². The Morgan fingerprint density at radius 3 is 2.54 bits per heavy atom. The number of aryl methyl sites for hydroxylation is 1. The lowest BCUT2D eigenvalue weighted by molar-refractivity contribution is -0.137. The molecule has 0 aliphatic heterocycles. The maximum absolute atomic E-state index is 12.5. The van der Waals surface area contributed by atoms with Gasteiger partial charge in [-0.3, -0.25) is 14.2 Å². The zero-order valence-corrected chi connectivity index (χ0v) is 13.5. The van der Waals surface area contributed by atoms with Crippen LogP contribution in [0.5, 0.6) is 0 Å². The van der Waals surface area contributed by atoms with Crippen molar-refractivity contribution in [2.24, 2.45) is 7.05 Å². The average Bonchev–Trinajstić information content (AvgIpc) is 2.89. The van der Waals surface area contributed by atoms with Crippen molar-refractivity contribution in [1.29, 1.82) is 0 Å². The van der Waals surface area contributed by atoms with Crippen molar-refractivity contribution in [3.8, 4) is 0 Å². The van der Waals surface area contributed by atoms with Gasteiger partial charge < -0.3 is 4.42 Å². The molecule has 0 aliphatic carbocycles. The lowest BCUT2D eigenvalue weighted by Gasteiger charge is -2.09. The summed E-state index contributed by atoms with van der Waals surface area (Å²) >= 11 is 0. The molecule has 6 nitrogen and oxygen atoms in total. The molecule has 9 heteroatoms. The molecule has 0 bridgehead atoms. The van der Waals surface area contributed by atoms with Crippen LogP contribution >= 0.6 is 0 Å². The maximum Gasteiger partial charge on any atom is 0.419 e. The van der Waals surface area contributed by atoms with Gasteiger partial charge in [0.1, 0.15) is 0 Å². The van der Waals surface area contributed by atoms with Crippen LogP contribution in [0.4, 0.5) is 13.2 Å². The van der Waals surface area contributed by atoms with Gasteiger partial charge in [0.2, 0.25) is 0 Å². The first kappa shape index (κ1) is 17.7. The normalized spacial score (nSPS) is 11.7. The number of halogens is 3. The molecule has 26 heavy (non-hydrogen) atoms. The van der Waals surface area contributed by atoms with E-state index in [0.717, 1.165) is 12.1 Å². The summed E-state index contributed by atoms with van der Waals surface area (Å²) in [5.74, 6) is -1.25. The standard InChI is InChI=1S/C17H13F3N2O4/c1-22-13-4-2-3-12(14(13)26-16(22)24)15(23)21-25-9-10-5-7-11(8-6-10)17(18,19)20/h2-8H,9H2,1H3,(H,21,23). The average molecular weight is 366 g/mol. The van der Waals surface area contributed by atoms with E-state index in [9.17, 15) is 22.8 Å². The van der Waals surface area contributed by atoms with Crippen LogP contribution in [0.1, 0.15) is 21.5 Å². The first-order valence-corrected chi connectivity index (χ1v) is 7.44. The van der Waals surface area contributed by atoms with E-state index in [1.807, 2.05) is 0 Å². The predicted molar refractivity (Wildman–Crippen MR) is 85.2 cm³/mol. The molecule has 0 spiro atoms. The first-order chi connectivity index (χ1) is 12.3. The Balaban J connectivity index is 1.66. The number of hydrogen-bond acceptors (Lipinski definition) is 4. The second-order valence-corrected chi connectivity index (χ2v) is 5.50. The van der Waals surface area contributed by atoms with Crippen molar-refractivity contribution in [1.82, 2.24) is 10.0 Å². The van der Waals surface area contributed by atoms with Gasteiger partial charge in [0, 0.05) is 7.05 Å². The molecular weight excluding hydrogens is 353 g/mol. The summed E-state index contributed by atoms with van der Waals surface area (Å²) < 4.78 is 43.8. The van der Waals surface area contributed by atoms with E-state index in [2.05, 4.69) is 5.48 Å². The molecule has 0 saturated carbocycles. The Morgan fingerprint density at radius 2 is 1.88 bits per heavy atom. The summed E-state index contributed by atoms with van der Waals surface area (Å²) in [4.78, 5) is 28.8. The molecule has 0 fully saturated rings. The van der Waals surface area contributed by atoms with Crippen LogP contribution in [-0.4, -0.2) is 10.5 Å². The Hall–Kier alpha value is -3.07. The maximum atomic E-state index is 12.5. The number of carbonyl (C=O) groups excluding carboxylic acids is 1.